The molecule has 56 valence electrons. The number of rotatable bonds is 2. The Morgan fingerprint density at radius 1 is 1.70 bits per heavy atom. The molecule has 0 bridgehead atoms. The number of imidazole rings is 1. The van der Waals surface area contributed by atoms with Crippen LogP contribution < -0.4 is 5.32 Å². The van der Waals surface area contributed by atoms with Crippen LogP contribution in [-0.2, 0) is 13.6 Å². The Labute approximate surface area is 61.1 Å². The fourth-order valence-electron chi connectivity index (χ4n) is 0.988. The van der Waals surface area contributed by atoms with Gasteiger partial charge in [-0.05, 0) is 14.0 Å². The highest BCUT2D eigenvalue weighted by Gasteiger charge is 1.98. The summed E-state index contributed by atoms with van der Waals surface area (Å²) in [4.78, 5) is 4.30. The molecule has 0 aliphatic carbocycles. The molecule has 1 rings (SSSR count). The van der Waals surface area contributed by atoms with Crippen molar-refractivity contribution in [3.63, 3.8) is 0 Å². The van der Waals surface area contributed by atoms with Crippen LogP contribution in [0.25, 0.3) is 0 Å². The van der Waals surface area contributed by atoms with Crippen LogP contribution in [0, 0.1) is 6.92 Å². The highest BCUT2D eigenvalue weighted by atomic mass is 15.1. The molecule has 0 atom stereocenters. The van der Waals surface area contributed by atoms with Crippen molar-refractivity contribution in [2.24, 2.45) is 7.05 Å². The summed E-state index contributed by atoms with van der Waals surface area (Å²) < 4.78 is 2.03. The normalized spacial score (nSPS) is 10.3. The van der Waals surface area contributed by atoms with Gasteiger partial charge in [-0.25, -0.2) is 4.98 Å². The maximum absolute atomic E-state index is 4.30. The Balaban J connectivity index is 2.81. The minimum absolute atomic E-state index is 0.838. The van der Waals surface area contributed by atoms with Crippen LogP contribution >= 0.6 is 0 Å². The largest absolute Gasteiger partial charge is 0.337 e. The molecule has 0 aliphatic rings. The van der Waals surface area contributed by atoms with Gasteiger partial charge in [0.05, 0.1) is 12.2 Å². The molecule has 0 amide bonds. The highest BCUT2D eigenvalue weighted by molar-refractivity contribution is 5.00. The average molecular weight is 139 g/mol. The van der Waals surface area contributed by atoms with Crippen molar-refractivity contribution in [1.82, 2.24) is 14.9 Å². The molecule has 0 aromatic carbocycles. The maximum Gasteiger partial charge on any atom is 0.122 e. The fraction of sp³-hybridized carbons (Fsp3) is 0.571. The van der Waals surface area contributed by atoms with Gasteiger partial charge in [-0.3, -0.25) is 0 Å². The second-order valence-electron chi connectivity index (χ2n) is 2.44. The molecule has 1 aromatic heterocycles. The summed E-state index contributed by atoms with van der Waals surface area (Å²) in [6.45, 7) is 2.84. The average Bonchev–Trinajstić information content (AvgIpc) is 2.13. The molecule has 10 heavy (non-hydrogen) atoms. The molecule has 1 heterocycles. The number of aryl methyl sites for hydroxylation is 2. The number of hydrogen-bond donors (Lipinski definition) is 1. The summed E-state index contributed by atoms with van der Waals surface area (Å²) in [6.07, 6.45) is 2.02. The fourth-order valence-corrected chi connectivity index (χ4v) is 0.988. The molecule has 0 spiro atoms. The third-order valence-corrected chi connectivity index (χ3v) is 1.43. The van der Waals surface area contributed by atoms with Crippen molar-refractivity contribution in [2.45, 2.75) is 13.5 Å². The van der Waals surface area contributed by atoms with Crippen molar-refractivity contribution in [2.75, 3.05) is 7.05 Å². The van der Waals surface area contributed by atoms with Gasteiger partial charge in [-0.1, -0.05) is 0 Å². The van der Waals surface area contributed by atoms with Crippen LogP contribution in [0.15, 0.2) is 6.20 Å². The summed E-state index contributed by atoms with van der Waals surface area (Å²) in [6, 6.07) is 0. The van der Waals surface area contributed by atoms with E-state index in [0.29, 0.717) is 0 Å². The Kier molecular flexibility index (Phi) is 2.06. The van der Waals surface area contributed by atoms with E-state index in [2.05, 4.69) is 10.3 Å². The molecular formula is C7H13N3. The van der Waals surface area contributed by atoms with E-state index in [1.54, 1.807) is 0 Å². The van der Waals surface area contributed by atoms with E-state index in [4.69, 9.17) is 0 Å². The van der Waals surface area contributed by atoms with Gasteiger partial charge in [0.2, 0.25) is 0 Å². The van der Waals surface area contributed by atoms with Crippen LogP contribution in [-0.4, -0.2) is 16.6 Å². The van der Waals surface area contributed by atoms with E-state index in [1.165, 1.54) is 0 Å². The van der Waals surface area contributed by atoms with Gasteiger partial charge in [0.15, 0.2) is 0 Å². The summed E-state index contributed by atoms with van der Waals surface area (Å²) in [7, 11) is 3.93. The van der Waals surface area contributed by atoms with Crippen LogP contribution in [0.5, 0.6) is 0 Å². The Bertz CT molecular complexity index is 215. The minimum atomic E-state index is 0.838. The topological polar surface area (TPSA) is 29.9 Å². The van der Waals surface area contributed by atoms with Crippen LogP contribution in [0.3, 0.4) is 0 Å². The molecule has 0 radical (unpaired) electrons. The van der Waals surface area contributed by atoms with Crippen LogP contribution in [0.4, 0.5) is 0 Å². The zero-order chi connectivity index (χ0) is 7.56. The Morgan fingerprint density at radius 3 is 2.80 bits per heavy atom. The van der Waals surface area contributed by atoms with Gasteiger partial charge in [-0.2, -0.15) is 0 Å². The standard InChI is InChI=1S/C7H13N3/c1-6-5-10(3)7(9-6)4-8-2/h5,8H,4H2,1-3H3. The van der Waals surface area contributed by atoms with E-state index < -0.39 is 0 Å². The van der Waals surface area contributed by atoms with E-state index in [0.717, 1.165) is 18.1 Å². The molecular weight excluding hydrogens is 126 g/mol. The minimum Gasteiger partial charge on any atom is -0.337 e. The molecule has 3 heteroatoms. The molecule has 0 aliphatic heterocycles. The van der Waals surface area contributed by atoms with Crippen LogP contribution in [0.1, 0.15) is 11.5 Å². The predicted molar refractivity (Wildman–Crippen MR) is 40.7 cm³/mol. The molecule has 0 saturated heterocycles. The number of nitrogens with zero attached hydrogens (tertiary/aromatic N) is 2. The molecule has 0 unspecified atom stereocenters. The van der Waals surface area contributed by atoms with Gasteiger partial charge in [0.1, 0.15) is 5.82 Å². The first kappa shape index (κ1) is 7.28. The first-order valence-electron chi connectivity index (χ1n) is 3.37. The Morgan fingerprint density at radius 2 is 2.40 bits per heavy atom. The first-order chi connectivity index (χ1) is 4.74. The lowest BCUT2D eigenvalue weighted by Crippen LogP contribution is -2.09. The second kappa shape index (κ2) is 2.84. The van der Waals surface area contributed by atoms with Gasteiger partial charge >= 0.3 is 0 Å². The third kappa shape index (κ3) is 1.36. The van der Waals surface area contributed by atoms with E-state index >= 15 is 0 Å². The van der Waals surface area contributed by atoms with Crippen molar-refractivity contribution in [1.29, 1.82) is 0 Å². The summed E-state index contributed by atoms with van der Waals surface area (Å²) >= 11 is 0. The lowest BCUT2D eigenvalue weighted by Gasteiger charge is -1.97. The van der Waals surface area contributed by atoms with Gasteiger partial charge in [0.25, 0.3) is 0 Å². The van der Waals surface area contributed by atoms with Crippen molar-refractivity contribution in [3.05, 3.63) is 17.7 Å². The lowest BCUT2D eigenvalue weighted by atomic mass is 10.6. The van der Waals surface area contributed by atoms with E-state index in [9.17, 15) is 0 Å². The zero-order valence-corrected chi connectivity index (χ0v) is 6.68. The van der Waals surface area contributed by atoms with Gasteiger partial charge < -0.3 is 9.88 Å². The van der Waals surface area contributed by atoms with Crippen molar-refractivity contribution in [3.8, 4) is 0 Å². The maximum atomic E-state index is 4.30. The highest BCUT2D eigenvalue weighted by Crippen LogP contribution is 1.98. The smallest absolute Gasteiger partial charge is 0.122 e. The molecule has 0 fully saturated rings. The lowest BCUT2D eigenvalue weighted by molar-refractivity contribution is 0.709. The molecule has 1 N–H and O–H groups in total. The summed E-state index contributed by atoms with van der Waals surface area (Å²) in [5.74, 6) is 1.08. The van der Waals surface area contributed by atoms with Crippen molar-refractivity contribution >= 4 is 0 Å². The number of nitrogens with one attached hydrogen (secondary N) is 1. The molecule has 3 nitrogen and oxygen atoms in total. The zero-order valence-electron chi connectivity index (χ0n) is 6.68. The number of aromatic nitrogens is 2. The summed E-state index contributed by atoms with van der Waals surface area (Å²) in [5, 5.41) is 3.05. The molecule has 0 saturated carbocycles. The quantitative estimate of drug-likeness (QED) is 0.644. The SMILES string of the molecule is CNCc1nc(C)cn1C. The van der Waals surface area contributed by atoms with Gasteiger partial charge in [-0.15, -0.1) is 0 Å². The van der Waals surface area contributed by atoms with E-state index in [-0.39, 0.29) is 0 Å². The first-order valence-corrected chi connectivity index (χ1v) is 3.37. The van der Waals surface area contributed by atoms with Crippen molar-refractivity contribution < 1.29 is 0 Å². The predicted octanol–water partition coefficient (Wildman–Crippen LogP) is 0.448. The molecule has 1 aromatic rings. The third-order valence-electron chi connectivity index (χ3n) is 1.43. The summed E-state index contributed by atoms with van der Waals surface area (Å²) in [5.41, 5.74) is 1.08. The number of hydrogen-bond acceptors (Lipinski definition) is 2. The Hall–Kier alpha value is -0.830. The van der Waals surface area contributed by atoms with E-state index in [1.807, 2.05) is 31.8 Å². The second-order valence-corrected chi connectivity index (χ2v) is 2.44. The van der Waals surface area contributed by atoms with Crippen LogP contribution in [0.2, 0.25) is 0 Å². The van der Waals surface area contributed by atoms with Gasteiger partial charge in [0, 0.05) is 13.2 Å². The monoisotopic (exact) mass is 139 g/mol.